The third-order valence-electron chi connectivity index (χ3n) is 3.12. The molecule has 0 aliphatic heterocycles. The maximum Gasteiger partial charge on any atom is 0.310 e. The summed E-state index contributed by atoms with van der Waals surface area (Å²) in [5.41, 5.74) is 1.05. The highest BCUT2D eigenvalue weighted by Crippen LogP contribution is 2.24. The number of nitrogens with one attached hydrogen (secondary N) is 1. The number of carbonyl (C=O) groups is 2. The zero-order valence-electron chi connectivity index (χ0n) is 12.8. The van der Waals surface area contributed by atoms with E-state index in [1.54, 1.807) is 49.6 Å². The highest BCUT2D eigenvalue weighted by atomic mass is 35.5. The van der Waals surface area contributed by atoms with E-state index in [1.165, 1.54) is 0 Å². The number of amides is 1. The molecule has 2 aromatic carbocycles. The molecule has 2 aromatic rings. The van der Waals surface area contributed by atoms with Gasteiger partial charge in [-0.15, -0.1) is 0 Å². The lowest BCUT2D eigenvalue weighted by Crippen LogP contribution is -2.21. The molecule has 0 bridgehead atoms. The van der Waals surface area contributed by atoms with Crippen LogP contribution in [0.3, 0.4) is 0 Å². The van der Waals surface area contributed by atoms with Crippen LogP contribution in [-0.4, -0.2) is 25.6 Å². The fraction of sp³-hybridized carbons (Fsp3) is 0.176. The summed E-state index contributed by atoms with van der Waals surface area (Å²) in [7, 11) is 1.55. The van der Waals surface area contributed by atoms with Crippen molar-refractivity contribution in [1.82, 2.24) is 0 Å². The first-order valence-electron chi connectivity index (χ1n) is 7.02. The van der Waals surface area contributed by atoms with Gasteiger partial charge in [0.1, 0.15) is 5.75 Å². The number of ether oxygens (including phenoxy) is 2. The van der Waals surface area contributed by atoms with Crippen molar-refractivity contribution in [3.8, 4) is 5.75 Å². The highest BCUT2D eigenvalue weighted by Gasteiger charge is 2.13. The second-order valence-corrected chi connectivity index (χ2v) is 5.63. The van der Waals surface area contributed by atoms with E-state index in [4.69, 9.17) is 32.7 Å². The van der Waals surface area contributed by atoms with Crippen LogP contribution in [-0.2, 0) is 20.7 Å². The van der Waals surface area contributed by atoms with E-state index in [0.717, 1.165) is 0 Å². The van der Waals surface area contributed by atoms with E-state index in [9.17, 15) is 9.59 Å². The van der Waals surface area contributed by atoms with Crippen LogP contribution in [0.2, 0.25) is 10.0 Å². The number of benzene rings is 2. The lowest BCUT2D eigenvalue weighted by Gasteiger charge is -2.09. The Kier molecular flexibility index (Phi) is 6.46. The first-order valence-corrected chi connectivity index (χ1v) is 7.77. The lowest BCUT2D eigenvalue weighted by atomic mass is 10.1. The van der Waals surface area contributed by atoms with E-state index in [2.05, 4.69) is 5.32 Å². The van der Waals surface area contributed by atoms with E-state index in [1.807, 2.05) is 0 Å². The summed E-state index contributed by atoms with van der Waals surface area (Å²) in [5.74, 6) is -0.357. The number of hydrogen-bond donors (Lipinski definition) is 1. The predicted molar refractivity (Wildman–Crippen MR) is 92.7 cm³/mol. The second-order valence-electron chi connectivity index (χ2n) is 4.81. The summed E-state index contributed by atoms with van der Waals surface area (Å²) < 4.78 is 9.97. The molecule has 0 atom stereocenters. The Labute approximate surface area is 149 Å². The molecular formula is C17H15Cl2NO4. The first kappa shape index (κ1) is 18.1. The van der Waals surface area contributed by atoms with Gasteiger partial charge in [-0.2, -0.15) is 0 Å². The quantitative estimate of drug-likeness (QED) is 0.790. The molecule has 1 amide bonds. The van der Waals surface area contributed by atoms with Crippen molar-refractivity contribution >= 4 is 40.8 Å². The van der Waals surface area contributed by atoms with E-state index in [-0.39, 0.29) is 6.42 Å². The third kappa shape index (κ3) is 5.15. The van der Waals surface area contributed by atoms with Crippen LogP contribution in [0.4, 0.5) is 5.69 Å². The molecule has 0 radical (unpaired) electrons. The Morgan fingerprint density at radius 2 is 1.67 bits per heavy atom. The monoisotopic (exact) mass is 367 g/mol. The van der Waals surface area contributed by atoms with Gasteiger partial charge < -0.3 is 14.8 Å². The average Bonchev–Trinajstić information content (AvgIpc) is 2.57. The zero-order valence-corrected chi connectivity index (χ0v) is 14.4. The maximum atomic E-state index is 11.8. The van der Waals surface area contributed by atoms with Gasteiger partial charge in [0, 0.05) is 21.3 Å². The number of anilines is 1. The molecule has 0 aliphatic carbocycles. The van der Waals surface area contributed by atoms with Crippen LogP contribution in [0, 0.1) is 0 Å². The molecule has 1 N–H and O–H groups in total. The molecule has 0 unspecified atom stereocenters. The number of methoxy groups -OCH3 is 1. The minimum Gasteiger partial charge on any atom is -0.497 e. The minimum absolute atomic E-state index is 0.103. The molecule has 0 saturated carbocycles. The Hall–Kier alpha value is -2.24. The largest absolute Gasteiger partial charge is 0.497 e. The summed E-state index contributed by atoms with van der Waals surface area (Å²) >= 11 is 12.0. The van der Waals surface area contributed by atoms with Crippen LogP contribution in [0.5, 0.6) is 5.75 Å². The summed E-state index contributed by atoms with van der Waals surface area (Å²) in [6.07, 6.45) is -0.103. The van der Waals surface area contributed by atoms with Crippen LogP contribution in [0.1, 0.15) is 5.56 Å². The molecule has 126 valence electrons. The van der Waals surface area contributed by atoms with Crippen molar-refractivity contribution in [1.29, 1.82) is 0 Å². The van der Waals surface area contributed by atoms with Crippen LogP contribution < -0.4 is 10.1 Å². The molecule has 0 aromatic heterocycles. The van der Waals surface area contributed by atoms with E-state index >= 15 is 0 Å². The molecular weight excluding hydrogens is 353 g/mol. The van der Waals surface area contributed by atoms with Gasteiger partial charge in [0.25, 0.3) is 5.91 Å². The fourth-order valence-corrected chi connectivity index (χ4v) is 2.45. The van der Waals surface area contributed by atoms with Gasteiger partial charge in [-0.25, -0.2) is 0 Å². The van der Waals surface area contributed by atoms with E-state index < -0.39 is 18.5 Å². The maximum absolute atomic E-state index is 11.8. The second kappa shape index (κ2) is 8.57. The summed E-state index contributed by atoms with van der Waals surface area (Å²) in [6.45, 7) is -0.396. The molecule has 0 heterocycles. The number of rotatable bonds is 6. The Morgan fingerprint density at radius 3 is 2.25 bits per heavy atom. The molecule has 7 heteroatoms. The van der Waals surface area contributed by atoms with Crippen molar-refractivity contribution in [3.63, 3.8) is 0 Å². The van der Waals surface area contributed by atoms with Crippen LogP contribution in [0.15, 0.2) is 42.5 Å². The van der Waals surface area contributed by atoms with Crippen molar-refractivity contribution < 1.29 is 19.1 Å². The van der Waals surface area contributed by atoms with Gasteiger partial charge in [0.15, 0.2) is 6.61 Å². The van der Waals surface area contributed by atoms with Crippen LogP contribution in [0.25, 0.3) is 0 Å². The third-order valence-corrected chi connectivity index (χ3v) is 3.83. The molecule has 2 rings (SSSR count). The standard InChI is InChI=1S/C17H15Cl2NO4/c1-23-12-7-5-11(6-8-12)20-16(21)10-24-17(22)9-13-14(18)3-2-4-15(13)19/h2-8H,9-10H2,1H3,(H,20,21). The SMILES string of the molecule is COc1ccc(NC(=O)COC(=O)Cc2c(Cl)cccc2Cl)cc1. The molecule has 5 nitrogen and oxygen atoms in total. The van der Waals surface area contributed by atoms with Gasteiger partial charge in [-0.05, 0) is 36.4 Å². The predicted octanol–water partition coefficient (Wildman–Crippen LogP) is 3.73. The molecule has 24 heavy (non-hydrogen) atoms. The van der Waals surface area contributed by atoms with Gasteiger partial charge >= 0.3 is 5.97 Å². The Bertz CT molecular complexity index is 712. The number of halogens is 2. The van der Waals surface area contributed by atoms with Gasteiger partial charge in [0.05, 0.1) is 13.5 Å². The van der Waals surface area contributed by atoms with Crippen molar-refractivity contribution in [2.24, 2.45) is 0 Å². The van der Waals surface area contributed by atoms with Gasteiger partial charge in [-0.1, -0.05) is 29.3 Å². The van der Waals surface area contributed by atoms with Gasteiger partial charge in [0.2, 0.25) is 0 Å². The normalized spacial score (nSPS) is 10.1. The fourth-order valence-electron chi connectivity index (χ4n) is 1.91. The molecule has 0 aliphatic rings. The van der Waals surface area contributed by atoms with E-state index in [0.29, 0.717) is 27.0 Å². The number of hydrogen-bond acceptors (Lipinski definition) is 4. The van der Waals surface area contributed by atoms with Crippen molar-refractivity contribution in [2.75, 3.05) is 19.0 Å². The summed E-state index contributed by atoms with van der Waals surface area (Å²) in [6, 6.07) is 11.7. The lowest BCUT2D eigenvalue weighted by molar-refractivity contribution is -0.146. The average molecular weight is 368 g/mol. The minimum atomic E-state index is -0.588. The topological polar surface area (TPSA) is 64.6 Å². The van der Waals surface area contributed by atoms with Crippen molar-refractivity contribution in [2.45, 2.75) is 6.42 Å². The molecule has 0 fully saturated rings. The Balaban J connectivity index is 1.83. The number of carbonyl (C=O) groups excluding carboxylic acids is 2. The highest BCUT2D eigenvalue weighted by molar-refractivity contribution is 6.36. The van der Waals surface area contributed by atoms with Crippen LogP contribution >= 0.6 is 23.2 Å². The Morgan fingerprint density at radius 1 is 1.04 bits per heavy atom. The summed E-state index contributed by atoms with van der Waals surface area (Å²) in [5, 5.41) is 3.37. The number of esters is 1. The van der Waals surface area contributed by atoms with Gasteiger partial charge in [-0.3, -0.25) is 9.59 Å². The summed E-state index contributed by atoms with van der Waals surface area (Å²) in [4.78, 5) is 23.6. The van der Waals surface area contributed by atoms with Crippen molar-refractivity contribution in [3.05, 3.63) is 58.1 Å². The first-order chi connectivity index (χ1) is 11.5. The molecule has 0 saturated heterocycles. The molecule has 0 spiro atoms. The zero-order chi connectivity index (χ0) is 17.5. The smallest absolute Gasteiger partial charge is 0.310 e.